The molecule has 1 N–H and O–H groups in total. The molecule has 0 spiro atoms. The van der Waals surface area contributed by atoms with E-state index < -0.39 is 11.8 Å². The molecule has 0 bridgehead atoms. The third kappa shape index (κ3) is 1.75. The standard InChI is InChI=1S/C10H11F3O/c1-2-9(14,10(11,12)13)8-6-4-3-5-7-8/h3-7,14H,2H2,1H3. The number of hydrogen-bond donors (Lipinski definition) is 1. The van der Waals surface area contributed by atoms with E-state index in [0.717, 1.165) is 0 Å². The molecule has 1 rings (SSSR count). The molecule has 1 aromatic rings. The number of hydrogen-bond acceptors (Lipinski definition) is 1. The predicted octanol–water partition coefficient (Wildman–Crippen LogP) is 2.85. The molecule has 0 aromatic heterocycles. The van der Waals surface area contributed by atoms with Crippen molar-refractivity contribution in [3.05, 3.63) is 35.9 Å². The second-order valence-electron chi connectivity index (χ2n) is 3.08. The van der Waals surface area contributed by atoms with E-state index in [0.29, 0.717) is 0 Å². The number of aliphatic hydroxyl groups is 1. The Kier molecular flexibility index (Phi) is 2.85. The SMILES string of the molecule is CCC(O)(c1ccccc1)C(F)(F)F. The van der Waals surface area contributed by atoms with Crippen LogP contribution in [0, 0.1) is 0 Å². The van der Waals surface area contributed by atoms with Crippen LogP contribution in [0.2, 0.25) is 0 Å². The molecule has 0 heterocycles. The van der Waals surface area contributed by atoms with Gasteiger partial charge in [-0.15, -0.1) is 0 Å². The first-order chi connectivity index (χ1) is 6.42. The van der Waals surface area contributed by atoms with Crippen molar-refractivity contribution in [2.45, 2.75) is 25.1 Å². The molecule has 4 heteroatoms. The van der Waals surface area contributed by atoms with Gasteiger partial charge >= 0.3 is 6.18 Å². The van der Waals surface area contributed by atoms with Crippen LogP contribution in [0.5, 0.6) is 0 Å². The van der Waals surface area contributed by atoms with E-state index in [-0.39, 0.29) is 12.0 Å². The zero-order chi connectivity index (χ0) is 10.8. The van der Waals surface area contributed by atoms with E-state index in [1.165, 1.54) is 31.2 Å². The van der Waals surface area contributed by atoms with Crippen LogP contribution in [0.4, 0.5) is 13.2 Å². The van der Waals surface area contributed by atoms with Crippen molar-refractivity contribution in [2.24, 2.45) is 0 Å². The molecule has 0 saturated carbocycles. The van der Waals surface area contributed by atoms with Crippen LogP contribution in [0.1, 0.15) is 18.9 Å². The van der Waals surface area contributed by atoms with Crippen LogP contribution in [0.25, 0.3) is 0 Å². The van der Waals surface area contributed by atoms with Crippen LogP contribution in [-0.4, -0.2) is 11.3 Å². The fraction of sp³-hybridized carbons (Fsp3) is 0.400. The summed E-state index contributed by atoms with van der Waals surface area (Å²) >= 11 is 0. The Morgan fingerprint density at radius 1 is 1.14 bits per heavy atom. The van der Waals surface area contributed by atoms with Crippen LogP contribution in [0.15, 0.2) is 30.3 Å². The molecule has 14 heavy (non-hydrogen) atoms. The summed E-state index contributed by atoms with van der Waals surface area (Å²) in [6.07, 6.45) is -5.02. The fourth-order valence-electron chi connectivity index (χ4n) is 1.28. The van der Waals surface area contributed by atoms with Crippen LogP contribution in [0.3, 0.4) is 0 Å². The van der Waals surface area contributed by atoms with E-state index in [1.54, 1.807) is 6.07 Å². The molecule has 0 aliphatic heterocycles. The summed E-state index contributed by atoms with van der Waals surface area (Å²) in [5, 5.41) is 9.50. The smallest absolute Gasteiger partial charge is 0.376 e. The summed E-state index contributed by atoms with van der Waals surface area (Å²) in [4.78, 5) is 0. The quantitative estimate of drug-likeness (QED) is 0.785. The van der Waals surface area contributed by atoms with Crippen molar-refractivity contribution in [1.29, 1.82) is 0 Å². The van der Waals surface area contributed by atoms with Gasteiger partial charge in [0.25, 0.3) is 0 Å². The van der Waals surface area contributed by atoms with Gasteiger partial charge in [-0.3, -0.25) is 0 Å². The van der Waals surface area contributed by atoms with Crippen molar-refractivity contribution in [1.82, 2.24) is 0 Å². The number of halogens is 3. The maximum absolute atomic E-state index is 12.5. The second-order valence-corrected chi connectivity index (χ2v) is 3.08. The van der Waals surface area contributed by atoms with Gasteiger partial charge in [0.2, 0.25) is 0 Å². The average Bonchev–Trinajstić information content (AvgIpc) is 2.16. The Labute approximate surface area is 80.2 Å². The Morgan fingerprint density at radius 3 is 2.00 bits per heavy atom. The van der Waals surface area contributed by atoms with E-state index in [9.17, 15) is 18.3 Å². The van der Waals surface area contributed by atoms with Crippen molar-refractivity contribution in [2.75, 3.05) is 0 Å². The van der Waals surface area contributed by atoms with E-state index >= 15 is 0 Å². The normalized spacial score (nSPS) is 16.4. The molecule has 0 saturated heterocycles. The molecule has 0 radical (unpaired) electrons. The molecule has 0 aliphatic rings. The zero-order valence-electron chi connectivity index (χ0n) is 7.67. The van der Waals surface area contributed by atoms with E-state index in [2.05, 4.69) is 0 Å². The maximum atomic E-state index is 12.5. The summed E-state index contributed by atoms with van der Waals surface area (Å²) in [6, 6.07) is 7.10. The zero-order valence-corrected chi connectivity index (χ0v) is 7.67. The van der Waals surface area contributed by atoms with Crippen molar-refractivity contribution in [3.8, 4) is 0 Å². The van der Waals surface area contributed by atoms with Crippen LogP contribution >= 0.6 is 0 Å². The van der Waals surface area contributed by atoms with Crippen molar-refractivity contribution >= 4 is 0 Å². The molecule has 1 aromatic carbocycles. The Morgan fingerprint density at radius 2 is 1.64 bits per heavy atom. The molecule has 0 aliphatic carbocycles. The molecule has 78 valence electrons. The first kappa shape index (κ1) is 11.0. The fourth-order valence-corrected chi connectivity index (χ4v) is 1.28. The molecule has 0 fully saturated rings. The molecule has 1 nitrogen and oxygen atoms in total. The summed E-state index contributed by atoms with van der Waals surface area (Å²) < 4.78 is 37.6. The number of benzene rings is 1. The Hall–Kier alpha value is -1.03. The lowest BCUT2D eigenvalue weighted by molar-refractivity contribution is -0.267. The van der Waals surface area contributed by atoms with Gasteiger partial charge in [0.15, 0.2) is 5.60 Å². The largest absolute Gasteiger partial charge is 0.421 e. The lowest BCUT2D eigenvalue weighted by Gasteiger charge is -2.29. The molecule has 1 unspecified atom stereocenters. The van der Waals surface area contributed by atoms with Gasteiger partial charge in [-0.1, -0.05) is 37.3 Å². The van der Waals surface area contributed by atoms with Gasteiger partial charge in [-0.05, 0) is 12.0 Å². The highest BCUT2D eigenvalue weighted by Crippen LogP contribution is 2.41. The first-order valence-corrected chi connectivity index (χ1v) is 4.26. The van der Waals surface area contributed by atoms with E-state index in [4.69, 9.17) is 0 Å². The monoisotopic (exact) mass is 204 g/mol. The summed E-state index contributed by atoms with van der Waals surface area (Å²) in [5.74, 6) is 0. The highest BCUT2D eigenvalue weighted by molar-refractivity contribution is 5.23. The van der Waals surface area contributed by atoms with Gasteiger partial charge in [-0.2, -0.15) is 13.2 Å². The first-order valence-electron chi connectivity index (χ1n) is 4.26. The average molecular weight is 204 g/mol. The molecule has 0 amide bonds. The summed E-state index contributed by atoms with van der Waals surface area (Å²) in [5.41, 5.74) is -2.84. The highest BCUT2D eigenvalue weighted by Gasteiger charge is 2.53. The minimum atomic E-state index is -4.64. The minimum absolute atomic E-state index is 0.116. The number of rotatable bonds is 2. The third-order valence-corrected chi connectivity index (χ3v) is 2.23. The van der Waals surface area contributed by atoms with E-state index in [1.807, 2.05) is 0 Å². The molecule has 1 atom stereocenters. The summed E-state index contributed by atoms with van der Waals surface area (Å²) in [6.45, 7) is 1.31. The van der Waals surface area contributed by atoms with Gasteiger partial charge in [-0.25, -0.2) is 0 Å². The Bertz CT molecular complexity index is 294. The van der Waals surface area contributed by atoms with Crippen molar-refractivity contribution in [3.63, 3.8) is 0 Å². The maximum Gasteiger partial charge on any atom is 0.421 e. The second kappa shape index (κ2) is 3.61. The van der Waals surface area contributed by atoms with Crippen LogP contribution in [-0.2, 0) is 5.60 Å². The van der Waals surface area contributed by atoms with Gasteiger partial charge in [0, 0.05) is 0 Å². The van der Waals surface area contributed by atoms with Gasteiger partial charge in [0.1, 0.15) is 0 Å². The predicted molar refractivity (Wildman–Crippen MR) is 46.7 cm³/mol. The third-order valence-electron chi connectivity index (χ3n) is 2.23. The lowest BCUT2D eigenvalue weighted by atomic mass is 9.90. The highest BCUT2D eigenvalue weighted by atomic mass is 19.4. The topological polar surface area (TPSA) is 20.2 Å². The van der Waals surface area contributed by atoms with Gasteiger partial charge in [0.05, 0.1) is 0 Å². The number of alkyl halides is 3. The van der Waals surface area contributed by atoms with Crippen LogP contribution < -0.4 is 0 Å². The summed E-state index contributed by atoms with van der Waals surface area (Å²) in [7, 11) is 0. The molecular weight excluding hydrogens is 193 g/mol. The minimum Gasteiger partial charge on any atom is -0.376 e. The Balaban J connectivity index is 3.15. The van der Waals surface area contributed by atoms with Crippen molar-refractivity contribution < 1.29 is 18.3 Å². The lowest BCUT2D eigenvalue weighted by Crippen LogP contribution is -2.41. The van der Waals surface area contributed by atoms with Gasteiger partial charge < -0.3 is 5.11 Å². The molecular formula is C10H11F3O.